The summed E-state index contributed by atoms with van der Waals surface area (Å²) in [6.07, 6.45) is 3.66. The fourth-order valence-corrected chi connectivity index (χ4v) is 2.01. The Labute approximate surface area is 95.1 Å². The first kappa shape index (κ1) is 10.9. The minimum Gasteiger partial charge on any atom is -0.396 e. The molecule has 1 N–H and O–H groups in total. The first-order valence-electron chi connectivity index (χ1n) is 5.55. The highest BCUT2D eigenvalue weighted by atomic mass is 16.3. The number of pyridine rings is 1. The molecule has 1 aromatic heterocycles. The monoisotopic (exact) mass is 217 g/mol. The summed E-state index contributed by atoms with van der Waals surface area (Å²) in [4.78, 5) is 6.45. The van der Waals surface area contributed by atoms with Crippen LogP contribution in [0.3, 0.4) is 0 Å². The molecule has 16 heavy (non-hydrogen) atoms. The Bertz CT molecular complexity index is 391. The van der Waals surface area contributed by atoms with Gasteiger partial charge in [-0.3, -0.25) is 0 Å². The lowest BCUT2D eigenvalue weighted by atomic mass is 9.98. The first-order valence-corrected chi connectivity index (χ1v) is 5.55. The van der Waals surface area contributed by atoms with Crippen LogP contribution in [0.5, 0.6) is 0 Å². The number of aliphatic hydroxyl groups is 1. The third kappa shape index (κ3) is 2.31. The molecule has 0 spiro atoms. The molecule has 0 saturated carbocycles. The van der Waals surface area contributed by atoms with Gasteiger partial charge in [-0.25, -0.2) is 4.98 Å². The lowest BCUT2D eigenvalue weighted by Gasteiger charge is -2.31. The van der Waals surface area contributed by atoms with Gasteiger partial charge in [-0.15, -0.1) is 0 Å². The third-order valence-electron chi connectivity index (χ3n) is 3.07. The molecule has 84 valence electrons. The summed E-state index contributed by atoms with van der Waals surface area (Å²) in [5.74, 6) is 1.30. The summed E-state index contributed by atoms with van der Waals surface area (Å²) in [5, 5.41) is 17.9. The molecule has 1 aliphatic rings. The summed E-state index contributed by atoms with van der Waals surface area (Å²) in [6, 6.07) is 5.65. The predicted molar refractivity (Wildman–Crippen MR) is 61.0 cm³/mol. The highest BCUT2D eigenvalue weighted by Crippen LogP contribution is 2.21. The van der Waals surface area contributed by atoms with E-state index in [4.69, 9.17) is 10.4 Å². The molecule has 0 atom stereocenters. The van der Waals surface area contributed by atoms with E-state index >= 15 is 0 Å². The van der Waals surface area contributed by atoms with E-state index in [-0.39, 0.29) is 6.61 Å². The van der Waals surface area contributed by atoms with Gasteiger partial charge in [0.05, 0.1) is 11.6 Å². The van der Waals surface area contributed by atoms with E-state index in [0.29, 0.717) is 11.5 Å². The molecule has 0 aromatic carbocycles. The van der Waals surface area contributed by atoms with Crippen molar-refractivity contribution in [3.05, 3.63) is 23.9 Å². The van der Waals surface area contributed by atoms with Gasteiger partial charge in [-0.2, -0.15) is 5.26 Å². The molecule has 4 nitrogen and oxygen atoms in total. The maximum atomic E-state index is 9.05. The van der Waals surface area contributed by atoms with Crippen molar-refractivity contribution in [2.75, 3.05) is 24.6 Å². The molecule has 4 heteroatoms. The number of nitriles is 1. The summed E-state index contributed by atoms with van der Waals surface area (Å²) in [6.45, 7) is 2.10. The van der Waals surface area contributed by atoms with Crippen LogP contribution in [0.4, 0.5) is 5.82 Å². The van der Waals surface area contributed by atoms with Crippen molar-refractivity contribution < 1.29 is 5.11 Å². The number of hydrogen-bond donors (Lipinski definition) is 1. The van der Waals surface area contributed by atoms with Crippen LogP contribution in [0, 0.1) is 17.2 Å². The van der Waals surface area contributed by atoms with E-state index in [1.807, 2.05) is 6.07 Å². The third-order valence-corrected chi connectivity index (χ3v) is 3.07. The van der Waals surface area contributed by atoms with E-state index < -0.39 is 0 Å². The van der Waals surface area contributed by atoms with E-state index in [1.165, 1.54) is 0 Å². The second-order valence-electron chi connectivity index (χ2n) is 4.13. The van der Waals surface area contributed by atoms with Crippen LogP contribution >= 0.6 is 0 Å². The molecular formula is C12H15N3O. The van der Waals surface area contributed by atoms with Crippen LogP contribution in [0.2, 0.25) is 0 Å². The highest BCUT2D eigenvalue weighted by Gasteiger charge is 2.19. The van der Waals surface area contributed by atoms with Crippen LogP contribution in [-0.2, 0) is 0 Å². The van der Waals surface area contributed by atoms with Gasteiger partial charge >= 0.3 is 0 Å². The minimum absolute atomic E-state index is 0.277. The second-order valence-corrected chi connectivity index (χ2v) is 4.13. The lowest BCUT2D eigenvalue weighted by Crippen LogP contribution is -2.35. The van der Waals surface area contributed by atoms with Crippen molar-refractivity contribution in [2.45, 2.75) is 12.8 Å². The standard InChI is InChI=1S/C12H15N3O/c13-8-11-1-4-14-12(7-11)15-5-2-10(9-16)3-6-15/h1,4,7,10,16H,2-3,5-6,9H2. The molecule has 1 saturated heterocycles. The topological polar surface area (TPSA) is 60.2 Å². The van der Waals surface area contributed by atoms with Crippen molar-refractivity contribution in [3.63, 3.8) is 0 Å². The maximum absolute atomic E-state index is 9.05. The van der Waals surface area contributed by atoms with Crippen LogP contribution in [-0.4, -0.2) is 29.8 Å². The van der Waals surface area contributed by atoms with E-state index in [2.05, 4.69) is 16.0 Å². The van der Waals surface area contributed by atoms with Gasteiger partial charge in [0.15, 0.2) is 0 Å². The zero-order valence-electron chi connectivity index (χ0n) is 9.13. The van der Waals surface area contributed by atoms with Crippen LogP contribution in [0.1, 0.15) is 18.4 Å². The highest BCUT2D eigenvalue weighted by molar-refractivity contribution is 5.45. The summed E-state index contributed by atoms with van der Waals surface area (Å²) >= 11 is 0. The Morgan fingerprint density at radius 1 is 1.50 bits per heavy atom. The average Bonchev–Trinajstić information content (AvgIpc) is 2.39. The summed E-state index contributed by atoms with van der Waals surface area (Å²) < 4.78 is 0. The average molecular weight is 217 g/mol. The maximum Gasteiger partial charge on any atom is 0.129 e. The Kier molecular flexibility index (Phi) is 3.37. The Morgan fingerprint density at radius 2 is 2.25 bits per heavy atom. The minimum atomic E-state index is 0.277. The van der Waals surface area contributed by atoms with Crippen molar-refractivity contribution in [1.82, 2.24) is 4.98 Å². The molecular weight excluding hydrogens is 202 g/mol. The number of aromatic nitrogens is 1. The number of nitrogens with zero attached hydrogens (tertiary/aromatic N) is 3. The molecule has 0 unspecified atom stereocenters. The first-order chi connectivity index (χ1) is 7.83. The van der Waals surface area contributed by atoms with Gasteiger partial charge in [0.2, 0.25) is 0 Å². The molecule has 0 aliphatic carbocycles. The molecule has 1 aliphatic heterocycles. The van der Waals surface area contributed by atoms with Gasteiger partial charge < -0.3 is 10.0 Å². The van der Waals surface area contributed by atoms with Crippen molar-refractivity contribution in [1.29, 1.82) is 5.26 Å². The van der Waals surface area contributed by atoms with Crippen LogP contribution < -0.4 is 4.90 Å². The fourth-order valence-electron chi connectivity index (χ4n) is 2.01. The van der Waals surface area contributed by atoms with E-state index in [1.54, 1.807) is 12.3 Å². The number of hydrogen-bond acceptors (Lipinski definition) is 4. The number of piperidine rings is 1. The smallest absolute Gasteiger partial charge is 0.129 e. The van der Waals surface area contributed by atoms with Gasteiger partial charge in [-0.05, 0) is 30.9 Å². The number of anilines is 1. The zero-order chi connectivity index (χ0) is 11.4. The molecule has 0 amide bonds. The Morgan fingerprint density at radius 3 is 2.88 bits per heavy atom. The molecule has 2 heterocycles. The molecule has 2 rings (SSSR count). The molecule has 0 bridgehead atoms. The van der Waals surface area contributed by atoms with E-state index in [0.717, 1.165) is 31.7 Å². The number of aliphatic hydroxyl groups excluding tert-OH is 1. The lowest BCUT2D eigenvalue weighted by molar-refractivity contribution is 0.203. The van der Waals surface area contributed by atoms with Crippen LogP contribution in [0.25, 0.3) is 0 Å². The van der Waals surface area contributed by atoms with E-state index in [9.17, 15) is 0 Å². The summed E-state index contributed by atoms with van der Waals surface area (Å²) in [7, 11) is 0. The van der Waals surface area contributed by atoms with Crippen molar-refractivity contribution in [3.8, 4) is 6.07 Å². The number of rotatable bonds is 2. The second kappa shape index (κ2) is 4.95. The largest absolute Gasteiger partial charge is 0.396 e. The van der Waals surface area contributed by atoms with Crippen molar-refractivity contribution in [2.24, 2.45) is 5.92 Å². The fraction of sp³-hybridized carbons (Fsp3) is 0.500. The molecule has 1 aromatic rings. The normalized spacial score (nSPS) is 17.1. The molecule has 1 fully saturated rings. The van der Waals surface area contributed by atoms with Gasteiger partial charge in [0.1, 0.15) is 5.82 Å². The zero-order valence-corrected chi connectivity index (χ0v) is 9.13. The van der Waals surface area contributed by atoms with Crippen LogP contribution in [0.15, 0.2) is 18.3 Å². The van der Waals surface area contributed by atoms with Crippen molar-refractivity contribution >= 4 is 5.82 Å². The quantitative estimate of drug-likeness (QED) is 0.807. The molecule has 0 radical (unpaired) electrons. The Hall–Kier alpha value is -1.60. The Balaban J connectivity index is 2.05. The van der Waals surface area contributed by atoms with Gasteiger partial charge in [0.25, 0.3) is 0 Å². The van der Waals surface area contributed by atoms with Gasteiger partial charge in [0, 0.05) is 25.9 Å². The van der Waals surface area contributed by atoms with Gasteiger partial charge in [-0.1, -0.05) is 0 Å². The summed E-state index contributed by atoms with van der Waals surface area (Å²) in [5.41, 5.74) is 0.647. The predicted octanol–water partition coefficient (Wildman–Crippen LogP) is 1.16. The SMILES string of the molecule is N#Cc1ccnc(N2CCC(CO)CC2)c1.